The van der Waals surface area contributed by atoms with Crippen LogP contribution in [0, 0.1) is 0 Å². The van der Waals surface area contributed by atoms with Crippen LogP contribution < -0.4 is 0 Å². The Hall–Kier alpha value is -1.38. The number of carbonyl (C=O) groups is 1. The van der Waals surface area contributed by atoms with Crippen molar-refractivity contribution in [2.75, 3.05) is 6.61 Å². The van der Waals surface area contributed by atoms with Gasteiger partial charge in [0.25, 0.3) is 5.91 Å². The van der Waals surface area contributed by atoms with Crippen molar-refractivity contribution in [2.45, 2.75) is 58.8 Å². The van der Waals surface area contributed by atoms with Crippen LogP contribution >= 0.6 is 0 Å². The molecule has 106 valence electrons. The number of allylic oxidation sites excluding steroid dienone is 3. The topological polar surface area (TPSA) is 38.7 Å². The van der Waals surface area contributed by atoms with Crippen LogP contribution in [0.25, 0.3) is 0 Å². The maximum atomic E-state index is 11.6. The maximum absolute atomic E-state index is 11.6. The summed E-state index contributed by atoms with van der Waals surface area (Å²) in [4.78, 5) is 15.8. The van der Waals surface area contributed by atoms with Crippen molar-refractivity contribution in [3.05, 3.63) is 24.0 Å². The lowest BCUT2D eigenvalue weighted by molar-refractivity contribution is -0.121. The van der Waals surface area contributed by atoms with Crippen LogP contribution in [0.4, 0.5) is 0 Å². The van der Waals surface area contributed by atoms with E-state index in [9.17, 15) is 4.79 Å². The number of hydrogen-bond donors (Lipinski definition) is 0. The van der Waals surface area contributed by atoms with Crippen LogP contribution in [-0.2, 0) is 9.53 Å². The molecule has 1 amide bonds. The van der Waals surface area contributed by atoms with Crippen LogP contribution in [0.5, 0.6) is 0 Å². The molecule has 0 N–H and O–H groups in total. The van der Waals surface area contributed by atoms with Gasteiger partial charge in [-0.05, 0) is 46.0 Å². The fourth-order valence-electron chi connectivity index (χ4n) is 2.00. The molecule has 0 aromatic carbocycles. The van der Waals surface area contributed by atoms with E-state index in [0.29, 0.717) is 5.76 Å². The summed E-state index contributed by atoms with van der Waals surface area (Å²) >= 11 is 0. The monoisotopic (exact) mass is 263 g/mol. The standard InChI is InChI=1S/C16H25NO2/c1-4-13(2)10-11-14(3)19-12-16(18)17-15-8-6-5-7-9-15/h4H,3,5-12H2,1-2H3/b13-4-. The normalized spacial score (nSPS) is 16.1. The van der Waals surface area contributed by atoms with Crippen molar-refractivity contribution in [3.63, 3.8) is 0 Å². The number of nitrogens with zero attached hydrogens (tertiary/aromatic N) is 1. The third-order valence-electron chi connectivity index (χ3n) is 3.40. The summed E-state index contributed by atoms with van der Waals surface area (Å²) < 4.78 is 5.36. The predicted molar refractivity (Wildman–Crippen MR) is 79.3 cm³/mol. The second kappa shape index (κ2) is 8.68. The molecule has 1 saturated carbocycles. The first-order chi connectivity index (χ1) is 9.11. The average molecular weight is 263 g/mol. The average Bonchev–Trinajstić information content (AvgIpc) is 2.43. The third-order valence-corrected chi connectivity index (χ3v) is 3.40. The third kappa shape index (κ3) is 6.94. The number of amides is 1. The predicted octanol–water partition coefficient (Wildman–Crippen LogP) is 4.19. The molecule has 0 bridgehead atoms. The van der Waals surface area contributed by atoms with Gasteiger partial charge in [-0.2, -0.15) is 0 Å². The molecule has 0 saturated heterocycles. The van der Waals surface area contributed by atoms with Gasteiger partial charge in [-0.15, -0.1) is 0 Å². The highest BCUT2D eigenvalue weighted by molar-refractivity contribution is 5.96. The van der Waals surface area contributed by atoms with E-state index < -0.39 is 0 Å². The Morgan fingerprint density at radius 3 is 2.63 bits per heavy atom. The van der Waals surface area contributed by atoms with Crippen molar-refractivity contribution < 1.29 is 9.53 Å². The molecule has 3 heteroatoms. The SMILES string of the molecule is C=C(CC/C(C)=C\C)OCC(=O)N=C1CCCCC1. The highest BCUT2D eigenvalue weighted by atomic mass is 16.5. The minimum absolute atomic E-state index is 0.0250. The van der Waals surface area contributed by atoms with Gasteiger partial charge in [-0.25, -0.2) is 4.99 Å². The molecule has 0 heterocycles. The summed E-state index contributed by atoms with van der Waals surface area (Å²) in [5.41, 5.74) is 2.34. The van der Waals surface area contributed by atoms with Gasteiger partial charge in [0.2, 0.25) is 0 Å². The second-order valence-corrected chi connectivity index (χ2v) is 5.09. The summed E-state index contributed by atoms with van der Waals surface area (Å²) in [5.74, 6) is 0.485. The van der Waals surface area contributed by atoms with Gasteiger partial charge in [-0.3, -0.25) is 4.79 Å². The second-order valence-electron chi connectivity index (χ2n) is 5.09. The number of carbonyl (C=O) groups excluding carboxylic acids is 1. The van der Waals surface area contributed by atoms with Crippen molar-refractivity contribution in [2.24, 2.45) is 4.99 Å². The molecule has 1 fully saturated rings. The molecule has 0 aromatic rings. The minimum atomic E-state index is -0.180. The van der Waals surface area contributed by atoms with E-state index in [-0.39, 0.29) is 12.5 Å². The van der Waals surface area contributed by atoms with Crippen molar-refractivity contribution in [1.82, 2.24) is 0 Å². The van der Waals surface area contributed by atoms with Gasteiger partial charge in [0.05, 0.1) is 5.76 Å². The summed E-state index contributed by atoms with van der Waals surface area (Å²) in [7, 11) is 0. The van der Waals surface area contributed by atoms with Gasteiger partial charge in [0, 0.05) is 12.1 Å². The maximum Gasteiger partial charge on any atom is 0.283 e. The Balaban J connectivity index is 2.24. The van der Waals surface area contributed by atoms with Crippen molar-refractivity contribution in [1.29, 1.82) is 0 Å². The van der Waals surface area contributed by atoms with E-state index in [4.69, 9.17) is 4.74 Å². The zero-order chi connectivity index (χ0) is 14.1. The molecule has 0 atom stereocenters. The Labute approximate surface area is 116 Å². The highest BCUT2D eigenvalue weighted by Crippen LogP contribution is 2.15. The molecule has 1 aliphatic rings. The number of hydrogen-bond acceptors (Lipinski definition) is 2. The fourth-order valence-corrected chi connectivity index (χ4v) is 2.00. The Bertz CT molecular complexity index is 372. The largest absolute Gasteiger partial charge is 0.489 e. The van der Waals surface area contributed by atoms with E-state index in [0.717, 1.165) is 44.2 Å². The first-order valence-electron chi connectivity index (χ1n) is 7.13. The van der Waals surface area contributed by atoms with Crippen LogP contribution in [0.1, 0.15) is 58.8 Å². The van der Waals surface area contributed by atoms with Gasteiger partial charge >= 0.3 is 0 Å². The van der Waals surface area contributed by atoms with E-state index >= 15 is 0 Å². The van der Waals surface area contributed by atoms with Gasteiger partial charge in [0.1, 0.15) is 0 Å². The molecule has 0 aliphatic heterocycles. The first-order valence-corrected chi connectivity index (χ1v) is 7.13. The molecule has 1 rings (SSSR count). The van der Waals surface area contributed by atoms with Gasteiger partial charge in [0.15, 0.2) is 6.61 Å². The van der Waals surface area contributed by atoms with Crippen LogP contribution in [0.3, 0.4) is 0 Å². The first kappa shape index (κ1) is 15.7. The minimum Gasteiger partial charge on any atom is -0.489 e. The molecule has 0 aromatic heterocycles. The van der Waals surface area contributed by atoms with E-state index in [1.54, 1.807) is 0 Å². The smallest absolute Gasteiger partial charge is 0.283 e. The number of aliphatic imine (C=N–C) groups is 1. The molecule has 3 nitrogen and oxygen atoms in total. The van der Waals surface area contributed by atoms with Gasteiger partial charge < -0.3 is 4.74 Å². The molecule has 0 unspecified atom stereocenters. The van der Waals surface area contributed by atoms with E-state index in [2.05, 4.69) is 24.6 Å². The molecule has 1 aliphatic carbocycles. The summed E-state index contributed by atoms with van der Waals surface area (Å²) in [5, 5.41) is 0. The van der Waals surface area contributed by atoms with Crippen molar-refractivity contribution >= 4 is 11.6 Å². The molecular weight excluding hydrogens is 238 g/mol. The molecule has 0 spiro atoms. The van der Waals surface area contributed by atoms with Crippen LogP contribution in [0.2, 0.25) is 0 Å². The molecule has 0 radical (unpaired) electrons. The lowest BCUT2D eigenvalue weighted by atomic mass is 9.98. The Kier molecular flexibility index (Phi) is 7.16. The number of rotatable bonds is 6. The molecular formula is C16H25NO2. The zero-order valence-electron chi connectivity index (χ0n) is 12.2. The van der Waals surface area contributed by atoms with Crippen LogP contribution in [-0.4, -0.2) is 18.2 Å². The summed E-state index contributed by atoms with van der Waals surface area (Å²) in [6, 6.07) is 0. The van der Waals surface area contributed by atoms with Crippen molar-refractivity contribution in [3.8, 4) is 0 Å². The van der Waals surface area contributed by atoms with E-state index in [1.165, 1.54) is 12.0 Å². The quantitative estimate of drug-likeness (QED) is 0.532. The lowest BCUT2D eigenvalue weighted by Gasteiger charge is -2.12. The Morgan fingerprint density at radius 2 is 2.00 bits per heavy atom. The summed E-state index contributed by atoms with van der Waals surface area (Å²) in [6.07, 6.45) is 9.27. The summed E-state index contributed by atoms with van der Waals surface area (Å²) in [6.45, 7) is 7.95. The van der Waals surface area contributed by atoms with Crippen LogP contribution in [0.15, 0.2) is 29.0 Å². The zero-order valence-corrected chi connectivity index (χ0v) is 12.2. The highest BCUT2D eigenvalue weighted by Gasteiger charge is 2.09. The van der Waals surface area contributed by atoms with E-state index in [1.807, 2.05) is 6.92 Å². The van der Waals surface area contributed by atoms with Gasteiger partial charge in [-0.1, -0.05) is 24.6 Å². The fraction of sp³-hybridized carbons (Fsp3) is 0.625. The molecule has 19 heavy (non-hydrogen) atoms. The Morgan fingerprint density at radius 1 is 1.32 bits per heavy atom. The number of ether oxygens (including phenoxy) is 1. The lowest BCUT2D eigenvalue weighted by Crippen LogP contribution is -2.12.